The number of nitrogens with zero attached hydrogens (tertiary/aromatic N) is 2. The van der Waals surface area contributed by atoms with Gasteiger partial charge in [-0.1, -0.05) is 0 Å². The van der Waals surface area contributed by atoms with E-state index in [1.54, 1.807) is 10.9 Å². The van der Waals surface area contributed by atoms with E-state index in [4.69, 9.17) is 4.74 Å². The topological polar surface area (TPSA) is 47.3 Å². The third-order valence-corrected chi connectivity index (χ3v) is 3.64. The summed E-state index contributed by atoms with van der Waals surface area (Å²) >= 11 is 3.42. The molecule has 1 aromatic heterocycles. The summed E-state index contributed by atoms with van der Waals surface area (Å²) in [6.07, 6.45) is 3.19. The Kier molecular flexibility index (Phi) is 3.66. The molecule has 1 aliphatic rings. The van der Waals surface area contributed by atoms with E-state index in [0.717, 1.165) is 29.6 Å². The van der Waals surface area contributed by atoms with E-state index in [-0.39, 0.29) is 12.2 Å². The molecule has 1 fully saturated rings. The third kappa shape index (κ3) is 2.17. The average Bonchev–Trinajstić information content (AvgIpc) is 2.83. The maximum Gasteiger partial charge on any atom is 0.123 e. The van der Waals surface area contributed by atoms with Gasteiger partial charge in [-0.05, 0) is 42.6 Å². The van der Waals surface area contributed by atoms with Crippen molar-refractivity contribution in [3.05, 3.63) is 16.4 Å². The van der Waals surface area contributed by atoms with Gasteiger partial charge in [-0.25, -0.2) is 0 Å². The Morgan fingerprint density at radius 3 is 3.00 bits per heavy atom. The van der Waals surface area contributed by atoms with Gasteiger partial charge in [0.25, 0.3) is 0 Å². The Hall–Kier alpha value is -0.390. The van der Waals surface area contributed by atoms with Crippen molar-refractivity contribution in [3.63, 3.8) is 0 Å². The van der Waals surface area contributed by atoms with Crippen molar-refractivity contribution in [2.24, 2.45) is 0 Å². The van der Waals surface area contributed by atoms with Crippen LogP contribution in [0.4, 0.5) is 0 Å². The lowest BCUT2D eigenvalue weighted by Crippen LogP contribution is -2.22. The van der Waals surface area contributed by atoms with Gasteiger partial charge in [-0.2, -0.15) is 5.10 Å². The van der Waals surface area contributed by atoms with Crippen molar-refractivity contribution in [2.75, 3.05) is 0 Å². The van der Waals surface area contributed by atoms with E-state index < -0.39 is 6.10 Å². The molecule has 2 rings (SSSR count). The lowest BCUT2D eigenvalue weighted by atomic mass is 10.1. The minimum atomic E-state index is -0.596. The largest absolute Gasteiger partial charge is 0.384 e. The smallest absolute Gasteiger partial charge is 0.123 e. The Balaban J connectivity index is 2.19. The Bertz CT molecular complexity index is 367. The van der Waals surface area contributed by atoms with E-state index in [1.807, 2.05) is 13.8 Å². The molecule has 2 heterocycles. The molecule has 16 heavy (non-hydrogen) atoms. The molecule has 0 bridgehead atoms. The summed E-state index contributed by atoms with van der Waals surface area (Å²) in [6, 6.07) is 0. The van der Waals surface area contributed by atoms with Crippen LogP contribution in [-0.2, 0) is 11.3 Å². The fourth-order valence-electron chi connectivity index (χ4n) is 2.16. The number of aromatic nitrogens is 2. The zero-order chi connectivity index (χ0) is 11.7. The predicted octanol–water partition coefficient (Wildman–Crippen LogP) is 2.27. The maximum atomic E-state index is 10.3. The lowest BCUT2D eigenvalue weighted by molar-refractivity contribution is -0.0334. The average molecular weight is 289 g/mol. The highest BCUT2D eigenvalue weighted by molar-refractivity contribution is 9.10. The minimum absolute atomic E-state index is 0.103. The fourth-order valence-corrected chi connectivity index (χ4v) is 2.69. The molecule has 5 heteroatoms. The van der Waals surface area contributed by atoms with Gasteiger partial charge in [0.1, 0.15) is 6.10 Å². The maximum absolute atomic E-state index is 10.3. The van der Waals surface area contributed by atoms with E-state index >= 15 is 0 Å². The first-order chi connectivity index (χ1) is 7.63. The van der Waals surface area contributed by atoms with Crippen LogP contribution >= 0.6 is 15.9 Å². The molecule has 0 aromatic carbocycles. The SMILES string of the molecule is CCn1ncc(Br)c1C(O)C1CCC(C)O1. The van der Waals surface area contributed by atoms with Crippen LogP contribution in [0.15, 0.2) is 10.7 Å². The number of hydrogen-bond acceptors (Lipinski definition) is 3. The quantitative estimate of drug-likeness (QED) is 0.928. The highest BCUT2D eigenvalue weighted by Crippen LogP contribution is 2.33. The van der Waals surface area contributed by atoms with E-state index in [9.17, 15) is 5.11 Å². The zero-order valence-electron chi connectivity index (χ0n) is 9.56. The second-order valence-corrected chi connectivity index (χ2v) is 5.06. The van der Waals surface area contributed by atoms with Crippen molar-refractivity contribution >= 4 is 15.9 Å². The molecule has 0 spiro atoms. The Morgan fingerprint density at radius 2 is 2.44 bits per heavy atom. The molecule has 0 amide bonds. The summed E-state index contributed by atoms with van der Waals surface area (Å²) in [4.78, 5) is 0. The summed E-state index contributed by atoms with van der Waals surface area (Å²) < 4.78 is 8.35. The van der Waals surface area contributed by atoms with Crippen molar-refractivity contribution in [1.82, 2.24) is 9.78 Å². The molecule has 3 unspecified atom stereocenters. The standard InChI is InChI=1S/C11H17BrN2O2/c1-3-14-10(8(12)6-13-14)11(15)9-5-4-7(2)16-9/h6-7,9,11,15H,3-5H2,1-2H3. The van der Waals surface area contributed by atoms with E-state index in [1.165, 1.54) is 0 Å². The van der Waals surface area contributed by atoms with E-state index in [2.05, 4.69) is 21.0 Å². The number of halogens is 1. The van der Waals surface area contributed by atoms with Crippen molar-refractivity contribution in [1.29, 1.82) is 0 Å². The van der Waals surface area contributed by atoms with Crippen LogP contribution in [0.3, 0.4) is 0 Å². The van der Waals surface area contributed by atoms with Crippen LogP contribution in [0.2, 0.25) is 0 Å². The summed E-state index contributed by atoms with van der Waals surface area (Å²) in [6.45, 7) is 4.80. The molecular formula is C11H17BrN2O2. The predicted molar refractivity (Wildman–Crippen MR) is 64.1 cm³/mol. The summed E-state index contributed by atoms with van der Waals surface area (Å²) in [5, 5.41) is 14.5. The second-order valence-electron chi connectivity index (χ2n) is 4.20. The third-order valence-electron chi connectivity index (χ3n) is 3.03. The number of rotatable bonds is 3. The molecule has 0 aliphatic carbocycles. The lowest BCUT2D eigenvalue weighted by Gasteiger charge is -2.19. The molecular weight excluding hydrogens is 272 g/mol. The summed E-state index contributed by atoms with van der Waals surface area (Å²) in [5.41, 5.74) is 0.821. The van der Waals surface area contributed by atoms with Crippen LogP contribution in [0.25, 0.3) is 0 Å². The number of aryl methyl sites for hydroxylation is 1. The van der Waals surface area contributed by atoms with Crippen LogP contribution < -0.4 is 0 Å². The van der Waals surface area contributed by atoms with Crippen LogP contribution in [-0.4, -0.2) is 27.1 Å². The first-order valence-corrected chi connectivity index (χ1v) is 6.47. The van der Waals surface area contributed by atoms with Crippen LogP contribution in [0.1, 0.15) is 38.5 Å². The first kappa shape index (κ1) is 12.1. The Morgan fingerprint density at radius 1 is 1.69 bits per heavy atom. The second kappa shape index (κ2) is 4.85. The molecule has 90 valence electrons. The first-order valence-electron chi connectivity index (χ1n) is 5.68. The highest BCUT2D eigenvalue weighted by atomic mass is 79.9. The normalized spacial score (nSPS) is 27.2. The highest BCUT2D eigenvalue weighted by Gasteiger charge is 2.32. The Labute approximate surface area is 104 Å². The van der Waals surface area contributed by atoms with Crippen molar-refractivity contribution < 1.29 is 9.84 Å². The molecule has 1 aromatic rings. The zero-order valence-corrected chi connectivity index (χ0v) is 11.1. The van der Waals surface area contributed by atoms with Crippen molar-refractivity contribution in [3.8, 4) is 0 Å². The van der Waals surface area contributed by atoms with Gasteiger partial charge in [-0.15, -0.1) is 0 Å². The van der Waals surface area contributed by atoms with Crippen molar-refractivity contribution in [2.45, 2.75) is 51.5 Å². The van der Waals surface area contributed by atoms with Gasteiger partial charge in [-0.3, -0.25) is 4.68 Å². The van der Waals surface area contributed by atoms with Crippen LogP contribution in [0.5, 0.6) is 0 Å². The summed E-state index contributed by atoms with van der Waals surface area (Å²) in [5.74, 6) is 0. The van der Waals surface area contributed by atoms with Gasteiger partial charge in [0, 0.05) is 6.54 Å². The molecule has 1 N–H and O–H groups in total. The molecule has 1 aliphatic heterocycles. The van der Waals surface area contributed by atoms with Gasteiger partial charge >= 0.3 is 0 Å². The molecule has 1 saturated heterocycles. The minimum Gasteiger partial charge on any atom is -0.384 e. The van der Waals surface area contributed by atoms with Gasteiger partial charge in [0.05, 0.1) is 28.6 Å². The van der Waals surface area contributed by atoms with Crippen LogP contribution in [0, 0.1) is 0 Å². The van der Waals surface area contributed by atoms with Gasteiger partial charge in [0.2, 0.25) is 0 Å². The number of aliphatic hydroxyl groups excluding tert-OH is 1. The summed E-state index contributed by atoms with van der Waals surface area (Å²) in [7, 11) is 0. The molecule has 0 radical (unpaired) electrons. The number of aliphatic hydroxyl groups is 1. The van der Waals surface area contributed by atoms with E-state index in [0.29, 0.717) is 0 Å². The van der Waals surface area contributed by atoms with Gasteiger partial charge < -0.3 is 9.84 Å². The molecule has 3 atom stereocenters. The molecule has 0 saturated carbocycles. The number of hydrogen-bond donors (Lipinski definition) is 1. The fraction of sp³-hybridized carbons (Fsp3) is 0.727. The molecule has 4 nitrogen and oxygen atoms in total. The monoisotopic (exact) mass is 288 g/mol. The number of ether oxygens (including phenoxy) is 1. The van der Waals surface area contributed by atoms with Gasteiger partial charge in [0.15, 0.2) is 0 Å².